The van der Waals surface area contributed by atoms with Crippen molar-refractivity contribution in [2.75, 3.05) is 7.05 Å². The summed E-state index contributed by atoms with van der Waals surface area (Å²) in [5.74, 6) is -0.586. The summed E-state index contributed by atoms with van der Waals surface area (Å²) in [5, 5.41) is 10.8. The van der Waals surface area contributed by atoms with Crippen LogP contribution in [0, 0.1) is 0 Å². The predicted octanol–water partition coefficient (Wildman–Crippen LogP) is 7.27. The number of rotatable bonds is 7. The van der Waals surface area contributed by atoms with Crippen LogP contribution in [0.2, 0.25) is 0 Å². The maximum atomic E-state index is 13.7. The maximum absolute atomic E-state index is 13.7. The second kappa shape index (κ2) is 10.6. The van der Waals surface area contributed by atoms with Gasteiger partial charge in [-0.2, -0.15) is 0 Å². The van der Waals surface area contributed by atoms with E-state index in [9.17, 15) is 14.7 Å². The van der Waals surface area contributed by atoms with Gasteiger partial charge in [0, 0.05) is 12.4 Å². The third kappa shape index (κ3) is 4.91. The van der Waals surface area contributed by atoms with Crippen molar-refractivity contribution in [1.29, 1.82) is 0 Å². The summed E-state index contributed by atoms with van der Waals surface area (Å²) in [4.78, 5) is 27.4. The van der Waals surface area contributed by atoms with Crippen molar-refractivity contribution in [3.8, 4) is 11.3 Å². The molecule has 1 unspecified atom stereocenters. The van der Waals surface area contributed by atoms with Gasteiger partial charge >= 0.3 is 5.97 Å². The van der Waals surface area contributed by atoms with Gasteiger partial charge in [-0.15, -0.1) is 0 Å². The Balaban J connectivity index is 1.66. The van der Waals surface area contributed by atoms with Gasteiger partial charge in [-0.25, -0.2) is 4.79 Å². The first-order chi connectivity index (χ1) is 18.0. The number of benzene rings is 3. The van der Waals surface area contributed by atoms with Crippen LogP contribution in [-0.4, -0.2) is 33.5 Å². The fourth-order valence-corrected chi connectivity index (χ4v) is 5.80. The quantitative estimate of drug-likeness (QED) is 0.294. The first kappa shape index (κ1) is 24.8. The molecule has 1 fully saturated rings. The Labute approximate surface area is 218 Å². The molecule has 5 heteroatoms. The number of hydrogen-bond donors (Lipinski definition) is 1. The second-order valence-corrected chi connectivity index (χ2v) is 10.2. The summed E-state index contributed by atoms with van der Waals surface area (Å²) < 4.78 is 2.07. The molecule has 1 aromatic heterocycles. The minimum atomic E-state index is -0.962. The molecule has 1 aliphatic carbocycles. The van der Waals surface area contributed by atoms with E-state index in [2.05, 4.69) is 16.7 Å². The summed E-state index contributed by atoms with van der Waals surface area (Å²) in [7, 11) is 1.85. The number of fused-ring (bicyclic) bond motifs is 1. The minimum absolute atomic E-state index is 0.0126. The van der Waals surface area contributed by atoms with Gasteiger partial charge in [0.1, 0.15) is 6.54 Å². The number of carbonyl (C=O) groups excluding carboxylic acids is 1. The van der Waals surface area contributed by atoms with Gasteiger partial charge in [-0.1, -0.05) is 86.0 Å². The van der Waals surface area contributed by atoms with Crippen molar-refractivity contribution >= 4 is 22.8 Å². The Morgan fingerprint density at radius 2 is 1.59 bits per heavy atom. The van der Waals surface area contributed by atoms with Gasteiger partial charge in [-0.05, 0) is 54.5 Å². The van der Waals surface area contributed by atoms with E-state index < -0.39 is 5.97 Å². The fraction of sp³-hybridized carbons (Fsp3) is 0.312. The molecule has 37 heavy (non-hydrogen) atoms. The number of aromatic nitrogens is 1. The lowest BCUT2D eigenvalue weighted by molar-refractivity contribution is -0.132. The molecular weight excluding hydrogens is 460 g/mol. The number of likely N-dealkylation sites (N-methyl/N-ethyl adjacent to an activating group) is 1. The topological polar surface area (TPSA) is 62.5 Å². The Bertz CT molecular complexity index is 1400. The van der Waals surface area contributed by atoms with Crippen LogP contribution in [-0.2, 0) is 11.3 Å². The summed E-state index contributed by atoms with van der Waals surface area (Å²) >= 11 is 0. The van der Waals surface area contributed by atoms with Crippen molar-refractivity contribution in [3.05, 3.63) is 95.6 Å². The van der Waals surface area contributed by atoms with E-state index in [0.717, 1.165) is 40.6 Å². The van der Waals surface area contributed by atoms with E-state index in [1.165, 1.54) is 24.8 Å². The maximum Gasteiger partial charge on any atom is 0.335 e. The normalized spacial score (nSPS) is 15.0. The first-order valence-electron chi connectivity index (χ1n) is 13.2. The SMILES string of the molecule is CC(c1ccccc1)N(C)C(=O)Cn1c(-c2ccccc2)c(C2CCCCC2)c2ccc(C(=O)O)cc21. The number of carboxylic acids is 1. The smallest absolute Gasteiger partial charge is 0.335 e. The van der Waals surface area contributed by atoms with E-state index in [1.54, 1.807) is 17.0 Å². The Morgan fingerprint density at radius 1 is 0.946 bits per heavy atom. The number of carboxylic acid groups (broad SMARTS) is 1. The molecule has 1 heterocycles. The Morgan fingerprint density at radius 3 is 2.24 bits per heavy atom. The van der Waals surface area contributed by atoms with Crippen LogP contribution in [0.25, 0.3) is 22.2 Å². The molecule has 0 saturated heterocycles. The summed E-state index contributed by atoms with van der Waals surface area (Å²) in [6, 6.07) is 25.6. The molecule has 3 aromatic carbocycles. The van der Waals surface area contributed by atoms with Crippen molar-refractivity contribution in [2.45, 2.75) is 57.5 Å². The van der Waals surface area contributed by atoms with E-state index >= 15 is 0 Å². The van der Waals surface area contributed by atoms with Crippen LogP contribution < -0.4 is 0 Å². The molecule has 0 spiro atoms. The number of hydrogen-bond acceptors (Lipinski definition) is 2. The van der Waals surface area contributed by atoms with Gasteiger partial charge < -0.3 is 14.6 Å². The third-order valence-corrected chi connectivity index (χ3v) is 7.96. The lowest BCUT2D eigenvalue weighted by atomic mass is 9.82. The average Bonchev–Trinajstić information content (AvgIpc) is 3.26. The summed E-state index contributed by atoms with van der Waals surface area (Å²) in [5.41, 5.74) is 5.48. The standard InChI is InChI=1S/C32H34N2O3/c1-22(23-12-6-3-7-13-23)33(2)29(35)21-34-28-20-26(32(36)37)18-19-27(28)30(24-14-8-4-9-15-24)31(34)25-16-10-5-11-17-25/h3,5-7,10-13,16-20,22,24H,4,8-9,14-15,21H2,1-2H3,(H,36,37). The van der Waals surface area contributed by atoms with Crippen molar-refractivity contribution in [2.24, 2.45) is 0 Å². The molecule has 1 atom stereocenters. The summed E-state index contributed by atoms with van der Waals surface area (Å²) in [6.45, 7) is 2.18. The van der Waals surface area contributed by atoms with Gasteiger partial charge in [0.25, 0.3) is 0 Å². The number of aromatic carboxylic acids is 1. The summed E-state index contributed by atoms with van der Waals surface area (Å²) in [6.07, 6.45) is 5.85. The molecule has 0 aliphatic heterocycles. The Kier molecular flexibility index (Phi) is 7.13. The molecule has 1 amide bonds. The molecule has 5 rings (SSSR count). The van der Waals surface area contributed by atoms with E-state index in [0.29, 0.717) is 5.92 Å². The molecule has 0 radical (unpaired) electrons. The van der Waals surface area contributed by atoms with E-state index in [1.807, 2.05) is 68.6 Å². The van der Waals surface area contributed by atoms with Crippen molar-refractivity contribution in [3.63, 3.8) is 0 Å². The zero-order valence-corrected chi connectivity index (χ0v) is 21.6. The number of nitrogens with zero attached hydrogens (tertiary/aromatic N) is 2. The zero-order valence-electron chi connectivity index (χ0n) is 21.6. The van der Waals surface area contributed by atoms with Gasteiger partial charge in [0.15, 0.2) is 0 Å². The van der Waals surface area contributed by atoms with E-state index in [4.69, 9.17) is 0 Å². The lowest BCUT2D eigenvalue weighted by Gasteiger charge is -2.27. The van der Waals surface area contributed by atoms with E-state index in [-0.39, 0.29) is 24.1 Å². The molecule has 1 saturated carbocycles. The van der Waals surface area contributed by atoms with Gasteiger partial charge in [-0.3, -0.25) is 4.79 Å². The van der Waals surface area contributed by atoms with Gasteiger partial charge in [0.05, 0.1) is 22.8 Å². The zero-order chi connectivity index (χ0) is 25.9. The van der Waals surface area contributed by atoms with Crippen molar-refractivity contribution in [1.82, 2.24) is 9.47 Å². The van der Waals surface area contributed by atoms with Gasteiger partial charge in [0.2, 0.25) is 5.91 Å². The monoisotopic (exact) mass is 494 g/mol. The van der Waals surface area contributed by atoms with Crippen LogP contribution in [0.1, 0.15) is 72.5 Å². The molecule has 190 valence electrons. The molecular formula is C32H34N2O3. The largest absolute Gasteiger partial charge is 0.478 e. The Hall–Kier alpha value is -3.86. The average molecular weight is 495 g/mol. The molecule has 1 N–H and O–H groups in total. The molecule has 1 aliphatic rings. The highest BCUT2D eigenvalue weighted by molar-refractivity contribution is 5.99. The predicted molar refractivity (Wildman–Crippen MR) is 148 cm³/mol. The number of amides is 1. The molecule has 4 aromatic rings. The minimum Gasteiger partial charge on any atom is -0.478 e. The van der Waals surface area contributed by atoms with Crippen LogP contribution in [0.4, 0.5) is 0 Å². The van der Waals surface area contributed by atoms with Crippen LogP contribution >= 0.6 is 0 Å². The second-order valence-electron chi connectivity index (χ2n) is 10.2. The highest BCUT2D eigenvalue weighted by Gasteiger charge is 2.28. The highest BCUT2D eigenvalue weighted by Crippen LogP contribution is 2.44. The number of carbonyl (C=O) groups is 2. The molecule has 5 nitrogen and oxygen atoms in total. The van der Waals surface area contributed by atoms with Crippen molar-refractivity contribution < 1.29 is 14.7 Å². The lowest BCUT2D eigenvalue weighted by Crippen LogP contribution is -2.32. The highest BCUT2D eigenvalue weighted by atomic mass is 16.4. The van der Waals surface area contributed by atoms with Crippen LogP contribution in [0.5, 0.6) is 0 Å². The van der Waals surface area contributed by atoms with Crippen LogP contribution in [0.15, 0.2) is 78.9 Å². The fourth-order valence-electron chi connectivity index (χ4n) is 5.80. The molecule has 0 bridgehead atoms. The van der Waals surface area contributed by atoms with Crippen LogP contribution in [0.3, 0.4) is 0 Å². The third-order valence-electron chi connectivity index (χ3n) is 7.96. The first-order valence-corrected chi connectivity index (χ1v) is 13.2.